The van der Waals surface area contributed by atoms with E-state index in [0.29, 0.717) is 0 Å². The van der Waals surface area contributed by atoms with Gasteiger partial charge in [-0.1, -0.05) is 111 Å². The standard InChI is InChI=1S/C43H55N3S5Si/c1-6-11-14-15-18-31-19-20-34(48-31)35-22-21-33(49-35)32-26-44-40(41-39(32)45-51-46-41)36-25-38-43(50-36)42-37(23-24-47-42)52(38,27-29(9-4)16-12-7-2)28-30(10-5)17-13-8-3/h19-26,29-30H,6-18,27-28H2,1-5H3. The van der Waals surface area contributed by atoms with Crippen LogP contribution in [0, 0.1) is 11.8 Å². The minimum atomic E-state index is -1.99. The second-order valence-corrected chi connectivity index (χ2v) is 23.9. The molecule has 0 fully saturated rings. The molecule has 0 N–H and O–H groups in total. The number of hydrogen-bond donors (Lipinski definition) is 0. The second kappa shape index (κ2) is 17.6. The molecule has 6 aromatic heterocycles. The first-order valence-electron chi connectivity index (χ1n) is 20.1. The van der Waals surface area contributed by atoms with Crippen molar-refractivity contribution >= 4 is 86.6 Å². The Balaban J connectivity index is 1.23. The van der Waals surface area contributed by atoms with Gasteiger partial charge in [0.15, 0.2) is 0 Å². The van der Waals surface area contributed by atoms with Crippen molar-refractivity contribution in [2.24, 2.45) is 11.8 Å². The first-order valence-corrected chi connectivity index (χ1v) is 26.5. The van der Waals surface area contributed by atoms with Crippen LogP contribution in [0.5, 0.6) is 0 Å². The van der Waals surface area contributed by atoms with Crippen LogP contribution in [0.25, 0.3) is 51.6 Å². The smallest absolute Gasteiger partial charge is 0.132 e. The van der Waals surface area contributed by atoms with Crippen LogP contribution in [-0.2, 0) is 6.42 Å². The summed E-state index contributed by atoms with van der Waals surface area (Å²) in [6.45, 7) is 11.9. The zero-order chi connectivity index (χ0) is 36.1. The van der Waals surface area contributed by atoms with Crippen LogP contribution >= 0.6 is 57.1 Å². The fourth-order valence-corrected chi connectivity index (χ4v) is 21.5. The fraction of sp³-hybridized carbons (Fsp3) is 0.512. The molecule has 7 heterocycles. The molecule has 276 valence electrons. The lowest BCUT2D eigenvalue weighted by molar-refractivity contribution is 0.469. The Kier molecular flexibility index (Phi) is 13.0. The third kappa shape index (κ3) is 7.74. The van der Waals surface area contributed by atoms with Crippen LogP contribution < -0.4 is 10.4 Å². The van der Waals surface area contributed by atoms with E-state index in [0.717, 1.165) is 34.1 Å². The van der Waals surface area contributed by atoms with Crippen LogP contribution in [0.4, 0.5) is 0 Å². The molecule has 0 aromatic carbocycles. The molecular formula is C43H55N3S5Si. The number of thiophene rings is 4. The van der Waals surface area contributed by atoms with Crippen LogP contribution in [-0.4, -0.2) is 21.8 Å². The topological polar surface area (TPSA) is 38.7 Å². The van der Waals surface area contributed by atoms with Crippen molar-refractivity contribution in [3.63, 3.8) is 0 Å². The van der Waals surface area contributed by atoms with E-state index < -0.39 is 8.07 Å². The van der Waals surface area contributed by atoms with Crippen molar-refractivity contribution in [2.45, 2.75) is 130 Å². The summed E-state index contributed by atoms with van der Waals surface area (Å²) in [6, 6.07) is 17.1. The molecule has 3 nitrogen and oxygen atoms in total. The second-order valence-electron chi connectivity index (χ2n) is 15.1. The summed E-state index contributed by atoms with van der Waals surface area (Å²) in [5.41, 5.74) is 4.09. The molecule has 6 aromatic rings. The number of unbranched alkanes of at least 4 members (excludes halogenated alkanes) is 5. The molecule has 0 saturated heterocycles. The van der Waals surface area contributed by atoms with Crippen LogP contribution in [0.2, 0.25) is 12.1 Å². The predicted octanol–water partition coefficient (Wildman–Crippen LogP) is 14.4. The van der Waals surface area contributed by atoms with E-state index >= 15 is 0 Å². The summed E-state index contributed by atoms with van der Waals surface area (Å²) < 4.78 is 9.84. The lowest BCUT2D eigenvalue weighted by Crippen LogP contribution is -2.56. The number of hydrogen-bond acceptors (Lipinski definition) is 8. The lowest BCUT2D eigenvalue weighted by atomic mass is 10.0. The number of pyridine rings is 1. The Morgan fingerprint density at radius 1 is 0.635 bits per heavy atom. The van der Waals surface area contributed by atoms with Crippen molar-refractivity contribution in [3.05, 3.63) is 52.9 Å². The van der Waals surface area contributed by atoms with Crippen molar-refractivity contribution in [1.29, 1.82) is 0 Å². The minimum Gasteiger partial charge on any atom is -0.252 e. The number of rotatable bonds is 20. The molecule has 0 spiro atoms. The Morgan fingerprint density at radius 3 is 2.06 bits per heavy atom. The molecule has 52 heavy (non-hydrogen) atoms. The van der Waals surface area contributed by atoms with Gasteiger partial charge in [-0.25, -0.2) is 0 Å². The maximum absolute atomic E-state index is 5.24. The molecule has 0 bridgehead atoms. The van der Waals surface area contributed by atoms with E-state index in [4.69, 9.17) is 13.7 Å². The van der Waals surface area contributed by atoms with E-state index in [1.165, 1.54) is 132 Å². The highest BCUT2D eigenvalue weighted by Crippen LogP contribution is 2.48. The third-order valence-electron chi connectivity index (χ3n) is 11.6. The summed E-state index contributed by atoms with van der Waals surface area (Å²) >= 11 is 9.11. The Morgan fingerprint density at radius 2 is 1.33 bits per heavy atom. The van der Waals surface area contributed by atoms with Crippen LogP contribution in [0.3, 0.4) is 0 Å². The maximum Gasteiger partial charge on any atom is 0.132 e. The van der Waals surface area contributed by atoms with E-state index in [2.05, 4.69) is 82.6 Å². The molecule has 0 saturated carbocycles. The maximum atomic E-state index is 5.24. The van der Waals surface area contributed by atoms with Crippen molar-refractivity contribution in [2.75, 3.05) is 0 Å². The largest absolute Gasteiger partial charge is 0.252 e. The van der Waals surface area contributed by atoms with Crippen LogP contribution in [0.1, 0.15) is 117 Å². The van der Waals surface area contributed by atoms with E-state index in [1.54, 1.807) is 20.1 Å². The SMILES string of the molecule is CCCCCCc1ccc(-c2ccc(-c3cnc(-c4cc5c(s4)-c4sccc4[Si]5(CC(CC)CCCC)CC(CC)CCCC)c4nsnc34)s2)s1. The van der Waals surface area contributed by atoms with Gasteiger partial charge < -0.3 is 0 Å². The van der Waals surface area contributed by atoms with E-state index in [-0.39, 0.29) is 0 Å². The average molecular weight is 802 g/mol. The zero-order valence-electron chi connectivity index (χ0n) is 31.8. The average Bonchev–Trinajstić information content (AvgIpc) is 4.01. The highest BCUT2D eigenvalue weighted by Gasteiger charge is 2.49. The Labute approximate surface area is 333 Å². The van der Waals surface area contributed by atoms with E-state index in [9.17, 15) is 0 Å². The number of nitrogens with zero attached hydrogens (tertiary/aromatic N) is 3. The molecule has 0 aliphatic carbocycles. The van der Waals surface area contributed by atoms with Gasteiger partial charge in [-0.3, -0.25) is 4.98 Å². The minimum absolute atomic E-state index is 0.798. The van der Waals surface area contributed by atoms with E-state index in [1.807, 2.05) is 45.3 Å². The van der Waals surface area contributed by atoms with Gasteiger partial charge in [0, 0.05) is 41.0 Å². The molecule has 2 atom stereocenters. The molecule has 1 aliphatic heterocycles. The number of aromatic nitrogens is 3. The van der Waals surface area contributed by atoms with Gasteiger partial charge >= 0.3 is 0 Å². The fourth-order valence-electron chi connectivity index (χ4n) is 8.55. The molecule has 2 unspecified atom stereocenters. The van der Waals surface area contributed by atoms with Gasteiger partial charge in [0.05, 0.1) is 16.6 Å². The van der Waals surface area contributed by atoms with Crippen molar-refractivity contribution in [1.82, 2.24) is 13.7 Å². The Hall–Kier alpha value is -2.01. The van der Waals surface area contributed by atoms with Gasteiger partial charge in [0.1, 0.15) is 24.8 Å². The van der Waals surface area contributed by atoms with Gasteiger partial charge in [0.2, 0.25) is 0 Å². The number of fused-ring (bicyclic) bond motifs is 4. The first kappa shape index (κ1) is 38.3. The normalized spacial score (nSPS) is 16.5. The Bertz CT molecular complexity index is 2030. The van der Waals surface area contributed by atoms with Crippen molar-refractivity contribution in [3.8, 4) is 40.5 Å². The quantitative estimate of drug-likeness (QED) is 0.0570. The summed E-state index contributed by atoms with van der Waals surface area (Å²) in [6.07, 6.45) is 19.1. The van der Waals surface area contributed by atoms with Crippen molar-refractivity contribution < 1.29 is 0 Å². The lowest BCUT2D eigenvalue weighted by Gasteiger charge is -2.35. The van der Waals surface area contributed by atoms with Gasteiger partial charge in [-0.15, -0.1) is 45.3 Å². The van der Waals surface area contributed by atoms with Crippen LogP contribution in [0.15, 0.2) is 48.0 Å². The van der Waals surface area contributed by atoms with Gasteiger partial charge in [0.25, 0.3) is 0 Å². The summed E-state index contributed by atoms with van der Waals surface area (Å²) in [5.74, 6) is 1.60. The van der Waals surface area contributed by atoms with Gasteiger partial charge in [-0.05, 0) is 82.9 Å². The molecule has 1 aliphatic rings. The first-order chi connectivity index (χ1) is 25.5. The van der Waals surface area contributed by atoms with Gasteiger partial charge in [-0.2, -0.15) is 8.75 Å². The highest BCUT2D eigenvalue weighted by molar-refractivity contribution is 7.30. The molecule has 0 radical (unpaired) electrons. The third-order valence-corrected chi connectivity index (χ3v) is 22.6. The molecule has 0 amide bonds. The summed E-state index contributed by atoms with van der Waals surface area (Å²) in [7, 11) is -1.99. The summed E-state index contributed by atoms with van der Waals surface area (Å²) in [5, 5.41) is 5.86. The molecule has 7 rings (SSSR count). The molecule has 9 heteroatoms. The molecular weight excluding hydrogens is 747 g/mol. The monoisotopic (exact) mass is 801 g/mol. The zero-order valence-corrected chi connectivity index (χ0v) is 36.8. The highest BCUT2D eigenvalue weighted by atomic mass is 32.1. The number of aryl methyl sites for hydroxylation is 1. The predicted molar refractivity (Wildman–Crippen MR) is 238 cm³/mol. The summed E-state index contributed by atoms with van der Waals surface area (Å²) in [4.78, 5) is 15.1.